The lowest BCUT2D eigenvalue weighted by Gasteiger charge is -2.29. The summed E-state index contributed by atoms with van der Waals surface area (Å²) in [5.41, 5.74) is 0. The topological polar surface area (TPSA) is 88.7 Å². The first-order valence-corrected chi connectivity index (χ1v) is 9.61. The Morgan fingerprint density at radius 1 is 1.27 bits per heavy atom. The minimum atomic E-state index is -4.68. The van der Waals surface area contributed by atoms with Gasteiger partial charge in [-0.05, 0) is 31.4 Å². The number of rotatable bonds is 9. The van der Waals surface area contributed by atoms with Gasteiger partial charge in [0.1, 0.15) is 11.6 Å². The van der Waals surface area contributed by atoms with E-state index in [4.69, 9.17) is 16.3 Å². The van der Waals surface area contributed by atoms with E-state index in [1.54, 1.807) is 0 Å². The molecule has 0 radical (unpaired) electrons. The summed E-state index contributed by atoms with van der Waals surface area (Å²) in [5.74, 6) is -1.20. The summed E-state index contributed by atoms with van der Waals surface area (Å²) < 4.78 is 57.7. The Balaban J connectivity index is 1.61. The van der Waals surface area contributed by atoms with Crippen LogP contribution in [0.2, 0.25) is 5.02 Å². The fourth-order valence-corrected chi connectivity index (χ4v) is 2.90. The molecule has 7 nitrogen and oxygen atoms in total. The summed E-state index contributed by atoms with van der Waals surface area (Å²) in [7, 11) is 0. The molecular formula is C18H22ClF4N3O4. The van der Waals surface area contributed by atoms with Crippen LogP contribution in [-0.4, -0.2) is 56.6 Å². The molecule has 30 heavy (non-hydrogen) atoms. The molecule has 2 atom stereocenters. The van der Waals surface area contributed by atoms with Gasteiger partial charge in [0, 0.05) is 25.2 Å². The van der Waals surface area contributed by atoms with Gasteiger partial charge in [0.25, 0.3) is 5.91 Å². The van der Waals surface area contributed by atoms with Crippen LogP contribution in [0.5, 0.6) is 5.75 Å². The van der Waals surface area contributed by atoms with Gasteiger partial charge < -0.3 is 20.7 Å². The first-order chi connectivity index (χ1) is 14.1. The molecule has 0 spiro atoms. The maximum absolute atomic E-state index is 13.3. The number of halogens is 5. The summed E-state index contributed by atoms with van der Waals surface area (Å²) in [6.45, 7) is -0.422. The fraction of sp³-hybridized carbons (Fsp3) is 0.556. The van der Waals surface area contributed by atoms with Crippen molar-refractivity contribution in [3.05, 3.63) is 29.0 Å². The summed E-state index contributed by atoms with van der Waals surface area (Å²) in [4.78, 5) is 24.0. The molecule has 0 saturated carbocycles. The third-order valence-electron chi connectivity index (χ3n) is 4.24. The van der Waals surface area contributed by atoms with E-state index in [2.05, 4.69) is 20.7 Å². The molecule has 2 amide bonds. The normalized spacial score (nSPS) is 19.2. The molecular weight excluding hydrogens is 434 g/mol. The molecule has 1 saturated heterocycles. The van der Waals surface area contributed by atoms with E-state index in [9.17, 15) is 27.2 Å². The highest BCUT2D eigenvalue weighted by Crippen LogP contribution is 2.20. The highest BCUT2D eigenvalue weighted by Gasteiger charge is 2.29. The molecule has 0 bridgehead atoms. The number of carbonyl (C=O) groups is 2. The maximum Gasteiger partial charge on any atom is 0.522 e. The van der Waals surface area contributed by atoms with Gasteiger partial charge >= 0.3 is 6.36 Å². The van der Waals surface area contributed by atoms with Crippen LogP contribution in [-0.2, 0) is 14.3 Å². The van der Waals surface area contributed by atoms with Gasteiger partial charge in [0.2, 0.25) is 5.91 Å². The van der Waals surface area contributed by atoms with Crippen LogP contribution < -0.4 is 20.7 Å². The molecule has 0 unspecified atom stereocenters. The number of benzene rings is 1. The van der Waals surface area contributed by atoms with Crippen molar-refractivity contribution in [2.75, 3.05) is 26.3 Å². The van der Waals surface area contributed by atoms with Crippen molar-refractivity contribution < 1.29 is 36.6 Å². The predicted molar refractivity (Wildman–Crippen MR) is 99.5 cm³/mol. The number of alkyl halides is 3. The summed E-state index contributed by atoms with van der Waals surface area (Å²) >= 11 is 5.57. The lowest BCUT2D eigenvalue weighted by molar-refractivity contribution is -0.324. The van der Waals surface area contributed by atoms with Crippen LogP contribution in [0.3, 0.4) is 0 Å². The van der Waals surface area contributed by atoms with Crippen LogP contribution in [0, 0.1) is 5.82 Å². The Labute approximate surface area is 175 Å². The monoisotopic (exact) mass is 455 g/mol. The standard InChI is InChI=1S/C18H22ClF4N3O4/c19-13-4-3-12(8-14(13)20)29-10-16(27)26-11-2-5-15(25-9-11)17(28)24-6-1-7-30-18(21,22)23/h3-4,8,11,15,25H,1-2,5-7,9-10H2,(H,24,28)(H,26,27)/t11-,15+/m0/s1. The van der Waals surface area contributed by atoms with E-state index in [-0.39, 0.29) is 42.3 Å². The Bertz CT molecular complexity index is 728. The number of ether oxygens (including phenoxy) is 2. The van der Waals surface area contributed by atoms with E-state index in [1.165, 1.54) is 12.1 Å². The number of hydrogen-bond donors (Lipinski definition) is 3. The third kappa shape index (κ3) is 8.72. The minimum Gasteiger partial charge on any atom is -0.484 e. The summed E-state index contributed by atoms with van der Waals surface area (Å²) in [6, 6.07) is 3.14. The van der Waals surface area contributed by atoms with E-state index in [0.29, 0.717) is 19.4 Å². The van der Waals surface area contributed by atoms with Crippen molar-refractivity contribution in [2.45, 2.75) is 37.7 Å². The van der Waals surface area contributed by atoms with E-state index >= 15 is 0 Å². The van der Waals surface area contributed by atoms with Crippen molar-refractivity contribution in [3.63, 3.8) is 0 Å². The summed E-state index contributed by atoms with van der Waals surface area (Å²) in [6.07, 6.45) is -3.67. The minimum absolute atomic E-state index is 0.0359. The predicted octanol–water partition coefficient (Wildman–Crippen LogP) is 2.14. The molecule has 0 aliphatic carbocycles. The third-order valence-corrected chi connectivity index (χ3v) is 4.55. The van der Waals surface area contributed by atoms with E-state index in [1.807, 2.05) is 0 Å². The molecule has 1 heterocycles. The quantitative estimate of drug-likeness (QED) is 0.392. The Morgan fingerprint density at radius 3 is 2.67 bits per heavy atom. The molecule has 3 N–H and O–H groups in total. The highest BCUT2D eigenvalue weighted by molar-refractivity contribution is 6.30. The second-order valence-electron chi connectivity index (χ2n) is 6.61. The van der Waals surface area contributed by atoms with Crippen molar-refractivity contribution in [1.29, 1.82) is 0 Å². The molecule has 1 aromatic rings. The van der Waals surface area contributed by atoms with Gasteiger partial charge in [-0.2, -0.15) is 0 Å². The molecule has 12 heteroatoms. The number of amides is 2. The lowest BCUT2D eigenvalue weighted by atomic mass is 10.00. The van der Waals surface area contributed by atoms with Gasteiger partial charge in [0.05, 0.1) is 17.7 Å². The maximum atomic E-state index is 13.3. The number of hydrogen-bond acceptors (Lipinski definition) is 5. The second-order valence-corrected chi connectivity index (χ2v) is 7.01. The molecule has 1 aliphatic rings. The summed E-state index contributed by atoms with van der Waals surface area (Å²) in [5, 5.41) is 8.23. The van der Waals surface area contributed by atoms with Crippen molar-refractivity contribution in [3.8, 4) is 5.75 Å². The van der Waals surface area contributed by atoms with Gasteiger partial charge in [0.15, 0.2) is 6.61 Å². The molecule has 0 aromatic heterocycles. The van der Waals surface area contributed by atoms with Gasteiger partial charge in [-0.3, -0.25) is 14.3 Å². The number of piperidine rings is 1. The van der Waals surface area contributed by atoms with E-state index in [0.717, 1.165) is 6.07 Å². The molecule has 168 valence electrons. The Morgan fingerprint density at radius 2 is 2.03 bits per heavy atom. The van der Waals surface area contributed by atoms with Crippen LogP contribution in [0.1, 0.15) is 19.3 Å². The van der Waals surface area contributed by atoms with Crippen molar-refractivity contribution >= 4 is 23.4 Å². The van der Waals surface area contributed by atoms with Crippen molar-refractivity contribution in [2.24, 2.45) is 0 Å². The first-order valence-electron chi connectivity index (χ1n) is 9.23. The van der Waals surface area contributed by atoms with Crippen molar-refractivity contribution in [1.82, 2.24) is 16.0 Å². The largest absolute Gasteiger partial charge is 0.522 e. The van der Waals surface area contributed by atoms with Crippen LogP contribution in [0.15, 0.2) is 18.2 Å². The van der Waals surface area contributed by atoms with E-state index < -0.39 is 30.7 Å². The lowest BCUT2D eigenvalue weighted by Crippen LogP contribution is -2.55. The molecule has 1 aliphatic heterocycles. The van der Waals surface area contributed by atoms with Gasteiger partial charge in [-0.25, -0.2) is 4.39 Å². The average Bonchev–Trinajstić information content (AvgIpc) is 2.68. The fourth-order valence-electron chi connectivity index (χ4n) is 2.78. The Hall–Kier alpha value is -2.11. The van der Waals surface area contributed by atoms with Crippen LogP contribution in [0.25, 0.3) is 0 Å². The van der Waals surface area contributed by atoms with Crippen LogP contribution >= 0.6 is 11.6 Å². The first kappa shape index (κ1) is 24.2. The zero-order valence-electron chi connectivity index (χ0n) is 15.9. The number of nitrogens with one attached hydrogen (secondary N) is 3. The SMILES string of the molecule is O=C(COc1ccc(Cl)c(F)c1)N[C@H]1CC[C@H](C(=O)NCCCOC(F)(F)F)NC1. The smallest absolute Gasteiger partial charge is 0.484 e. The van der Waals surface area contributed by atoms with Gasteiger partial charge in [-0.1, -0.05) is 11.6 Å². The zero-order valence-corrected chi connectivity index (χ0v) is 16.6. The molecule has 1 fully saturated rings. The second kappa shape index (κ2) is 11.3. The zero-order chi connectivity index (χ0) is 22.1. The highest BCUT2D eigenvalue weighted by atomic mass is 35.5. The molecule has 2 rings (SSSR count). The average molecular weight is 456 g/mol. The van der Waals surface area contributed by atoms with Crippen LogP contribution in [0.4, 0.5) is 17.6 Å². The van der Waals surface area contributed by atoms with Gasteiger partial charge in [-0.15, -0.1) is 13.2 Å². The Kier molecular flexibility index (Phi) is 9.12. The number of carbonyl (C=O) groups excluding carboxylic acids is 2. The molecule has 1 aromatic carbocycles.